The van der Waals surface area contributed by atoms with Crippen molar-refractivity contribution in [3.05, 3.63) is 29.8 Å². The van der Waals surface area contributed by atoms with E-state index in [0.717, 1.165) is 19.3 Å². The van der Waals surface area contributed by atoms with Gasteiger partial charge in [0.25, 0.3) is 10.0 Å². The van der Waals surface area contributed by atoms with Gasteiger partial charge in [-0.25, -0.2) is 8.42 Å². The van der Waals surface area contributed by atoms with E-state index in [1.165, 1.54) is 0 Å². The number of sulfonamides is 1. The first-order chi connectivity index (χ1) is 9.06. The zero-order valence-corrected chi connectivity index (χ0v) is 11.5. The Labute approximate surface area is 112 Å². The van der Waals surface area contributed by atoms with Crippen LogP contribution in [0.5, 0.6) is 0 Å². The van der Waals surface area contributed by atoms with Gasteiger partial charge in [0.15, 0.2) is 0 Å². The molecule has 0 radical (unpaired) electrons. The molecule has 1 aromatic rings. The van der Waals surface area contributed by atoms with Gasteiger partial charge in [-0.05, 0) is 31.4 Å². The van der Waals surface area contributed by atoms with Crippen LogP contribution in [-0.4, -0.2) is 33.5 Å². The van der Waals surface area contributed by atoms with Gasteiger partial charge in [-0.3, -0.25) is 9.71 Å². The van der Waals surface area contributed by atoms with Crippen molar-refractivity contribution in [3.8, 4) is 0 Å². The Hall–Kier alpha value is -1.40. The minimum atomic E-state index is -3.44. The van der Waals surface area contributed by atoms with Gasteiger partial charge in [0.2, 0.25) is 0 Å². The van der Waals surface area contributed by atoms with Gasteiger partial charge in [-0.15, -0.1) is 0 Å². The van der Waals surface area contributed by atoms with E-state index in [4.69, 9.17) is 4.74 Å². The fourth-order valence-corrected chi connectivity index (χ4v) is 3.72. The van der Waals surface area contributed by atoms with Gasteiger partial charge in [-0.2, -0.15) is 0 Å². The SMILES string of the molecule is COC1(CN=C2NS(=O)(=O)c3ccccc32)CCC1. The number of rotatable bonds is 3. The van der Waals surface area contributed by atoms with Crippen molar-refractivity contribution in [1.82, 2.24) is 4.72 Å². The van der Waals surface area contributed by atoms with Crippen LogP contribution in [0.4, 0.5) is 0 Å². The van der Waals surface area contributed by atoms with E-state index in [1.54, 1.807) is 25.3 Å². The average molecular weight is 280 g/mol. The van der Waals surface area contributed by atoms with E-state index >= 15 is 0 Å². The van der Waals surface area contributed by atoms with Gasteiger partial charge in [0.05, 0.1) is 17.0 Å². The predicted octanol–water partition coefficient (Wildman–Crippen LogP) is 1.29. The molecule has 0 saturated heterocycles. The smallest absolute Gasteiger partial charge is 0.263 e. The number of methoxy groups -OCH3 is 1. The van der Waals surface area contributed by atoms with Crippen LogP contribution in [0, 0.1) is 0 Å². The molecule has 0 unspecified atom stereocenters. The van der Waals surface area contributed by atoms with E-state index < -0.39 is 10.0 Å². The van der Waals surface area contributed by atoms with Crippen LogP contribution < -0.4 is 4.72 Å². The first kappa shape index (κ1) is 12.6. The molecule has 3 rings (SSSR count). The zero-order valence-electron chi connectivity index (χ0n) is 10.7. The largest absolute Gasteiger partial charge is 0.376 e. The summed E-state index contributed by atoms with van der Waals surface area (Å²) < 4.78 is 31.8. The second-order valence-corrected chi connectivity index (χ2v) is 6.66. The number of ether oxygens (including phenoxy) is 1. The Morgan fingerprint density at radius 2 is 2.11 bits per heavy atom. The summed E-state index contributed by atoms with van der Waals surface area (Å²) >= 11 is 0. The fourth-order valence-electron chi connectivity index (χ4n) is 2.47. The number of hydrogen-bond acceptors (Lipinski definition) is 4. The fraction of sp³-hybridized carbons (Fsp3) is 0.462. The number of hydrogen-bond donors (Lipinski definition) is 1. The van der Waals surface area contributed by atoms with Crippen molar-refractivity contribution in [2.24, 2.45) is 4.99 Å². The highest BCUT2D eigenvalue weighted by Crippen LogP contribution is 2.35. The molecule has 1 fully saturated rings. The number of aliphatic imine (C=N–C) groups is 1. The first-order valence-corrected chi connectivity index (χ1v) is 7.76. The Bertz CT molecular complexity index is 628. The van der Waals surface area contributed by atoms with Gasteiger partial charge >= 0.3 is 0 Å². The van der Waals surface area contributed by atoms with Crippen molar-refractivity contribution in [1.29, 1.82) is 0 Å². The standard InChI is InChI=1S/C13H16N2O3S/c1-18-13(7-4-8-13)9-14-12-10-5-2-3-6-11(10)19(16,17)15-12/h2-3,5-6H,4,7-9H2,1H3,(H,14,15). The highest BCUT2D eigenvalue weighted by Gasteiger charge is 2.38. The van der Waals surface area contributed by atoms with Gasteiger partial charge < -0.3 is 4.74 Å². The van der Waals surface area contributed by atoms with Crippen molar-refractivity contribution in [3.63, 3.8) is 0 Å². The summed E-state index contributed by atoms with van der Waals surface area (Å²) in [6.07, 6.45) is 3.10. The summed E-state index contributed by atoms with van der Waals surface area (Å²) in [6, 6.07) is 6.89. The molecule has 102 valence electrons. The summed E-state index contributed by atoms with van der Waals surface area (Å²) in [4.78, 5) is 4.73. The average Bonchev–Trinajstić information content (AvgIpc) is 2.61. The number of nitrogens with one attached hydrogen (secondary N) is 1. The van der Waals surface area contributed by atoms with E-state index in [1.807, 2.05) is 6.07 Å². The molecule has 1 saturated carbocycles. The molecule has 1 aliphatic heterocycles. The molecule has 1 aliphatic carbocycles. The van der Waals surface area contributed by atoms with E-state index in [-0.39, 0.29) is 5.60 Å². The summed E-state index contributed by atoms with van der Waals surface area (Å²) in [5.41, 5.74) is 0.448. The van der Waals surface area contributed by atoms with E-state index in [2.05, 4.69) is 9.71 Å². The van der Waals surface area contributed by atoms with Crippen LogP contribution in [0.1, 0.15) is 24.8 Å². The van der Waals surface area contributed by atoms with Crippen molar-refractivity contribution >= 4 is 15.9 Å². The molecule has 5 nitrogen and oxygen atoms in total. The molecule has 1 heterocycles. The summed E-state index contributed by atoms with van der Waals surface area (Å²) in [5, 5.41) is 0. The quantitative estimate of drug-likeness (QED) is 0.907. The summed E-state index contributed by atoms with van der Waals surface area (Å²) in [7, 11) is -1.75. The van der Waals surface area contributed by atoms with Crippen LogP contribution in [0.25, 0.3) is 0 Å². The Balaban J connectivity index is 1.91. The highest BCUT2D eigenvalue weighted by atomic mass is 32.2. The molecule has 0 bridgehead atoms. The first-order valence-electron chi connectivity index (χ1n) is 6.28. The molecule has 19 heavy (non-hydrogen) atoms. The van der Waals surface area contributed by atoms with E-state index in [9.17, 15) is 8.42 Å². The maximum atomic E-state index is 11.9. The molecule has 1 N–H and O–H groups in total. The Kier molecular flexibility index (Phi) is 2.87. The Morgan fingerprint density at radius 1 is 1.37 bits per heavy atom. The molecular formula is C13H16N2O3S. The third-order valence-electron chi connectivity index (χ3n) is 3.89. The van der Waals surface area contributed by atoms with Crippen LogP contribution in [0.2, 0.25) is 0 Å². The topological polar surface area (TPSA) is 67.8 Å². The lowest BCUT2D eigenvalue weighted by atomic mass is 9.80. The second-order valence-electron chi connectivity index (χ2n) is 5.01. The van der Waals surface area contributed by atoms with Gasteiger partial charge in [0.1, 0.15) is 5.84 Å². The lowest BCUT2D eigenvalue weighted by Gasteiger charge is -2.39. The molecule has 2 aliphatic rings. The van der Waals surface area contributed by atoms with Crippen molar-refractivity contribution < 1.29 is 13.2 Å². The molecule has 0 spiro atoms. The molecule has 0 aromatic heterocycles. The monoisotopic (exact) mass is 280 g/mol. The zero-order chi connectivity index (χ0) is 13.5. The van der Waals surface area contributed by atoms with E-state index in [0.29, 0.717) is 22.8 Å². The third kappa shape index (κ3) is 2.04. The lowest BCUT2D eigenvalue weighted by molar-refractivity contribution is -0.0629. The van der Waals surface area contributed by atoms with Crippen LogP contribution in [0.3, 0.4) is 0 Å². The third-order valence-corrected chi connectivity index (χ3v) is 5.28. The predicted molar refractivity (Wildman–Crippen MR) is 71.8 cm³/mol. The molecule has 1 aromatic carbocycles. The molecule has 6 heteroatoms. The van der Waals surface area contributed by atoms with Crippen molar-refractivity contribution in [2.45, 2.75) is 29.8 Å². The lowest BCUT2D eigenvalue weighted by Crippen LogP contribution is -2.42. The normalized spacial score (nSPS) is 24.6. The number of benzene rings is 1. The number of fused-ring (bicyclic) bond motifs is 1. The number of amidine groups is 1. The van der Waals surface area contributed by atoms with Gasteiger partial charge in [0, 0.05) is 12.7 Å². The number of nitrogens with zero attached hydrogens (tertiary/aromatic N) is 1. The van der Waals surface area contributed by atoms with Crippen LogP contribution in [-0.2, 0) is 14.8 Å². The minimum Gasteiger partial charge on any atom is -0.376 e. The minimum absolute atomic E-state index is 0.198. The summed E-state index contributed by atoms with van der Waals surface area (Å²) in [5.74, 6) is 0.430. The van der Waals surface area contributed by atoms with Crippen molar-refractivity contribution in [2.75, 3.05) is 13.7 Å². The molecule has 0 atom stereocenters. The summed E-state index contributed by atoms with van der Waals surface area (Å²) in [6.45, 7) is 0.496. The molecule has 0 amide bonds. The Morgan fingerprint density at radius 3 is 2.74 bits per heavy atom. The maximum Gasteiger partial charge on any atom is 0.263 e. The maximum absolute atomic E-state index is 11.9. The molecular weight excluding hydrogens is 264 g/mol. The van der Waals surface area contributed by atoms with Gasteiger partial charge in [-0.1, -0.05) is 12.1 Å². The van der Waals surface area contributed by atoms with Crippen LogP contribution >= 0.6 is 0 Å². The van der Waals surface area contributed by atoms with Crippen LogP contribution in [0.15, 0.2) is 34.2 Å². The highest BCUT2D eigenvalue weighted by molar-refractivity contribution is 7.90. The second kappa shape index (κ2) is 4.31.